The van der Waals surface area contributed by atoms with E-state index in [-0.39, 0.29) is 12.2 Å². The first-order chi connectivity index (χ1) is 17.3. The van der Waals surface area contributed by atoms with Crippen LogP contribution in [0.3, 0.4) is 0 Å². The Morgan fingerprint density at radius 3 is 1.73 bits per heavy atom. The van der Waals surface area contributed by atoms with Crippen molar-refractivity contribution in [2.45, 2.75) is 52.7 Å². The van der Waals surface area contributed by atoms with Crippen LogP contribution in [0.15, 0.2) is 24.3 Å². The monoisotopic (exact) mass is 531 g/mol. The molecule has 0 unspecified atom stereocenters. The van der Waals surface area contributed by atoms with E-state index in [0.717, 1.165) is 35.5 Å². The van der Waals surface area contributed by atoms with Crippen LogP contribution in [-0.4, -0.2) is 90.5 Å². The predicted octanol–water partition coefficient (Wildman–Crippen LogP) is 5.00. The third kappa shape index (κ3) is 6.89. The molecule has 202 valence electrons. The molecule has 0 N–H and O–H groups in total. The van der Waals surface area contributed by atoms with Crippen molar-refractivity contribution in [3.05, 3.63) is 29.3 Å². The lowest BCUT2D eigenvalue weighted by Gasteiger charge is -2.37. The highest BCUT2D eigenvalue weighted by Crippen LogP contribution is 2.31. The Morgan fingerprint density at radius 1 is 0.757 bits per heavy atom. The van der Waals surface area contributed by atoms with E-state index in [1.807, 2.05) is 53.7 Å². The second-order valence-corrected chi connectivity index (χ2v) is 12.0. The molecule has 2 aliphatic rings. The van der Waals surface area contributed by atoms with E-state index in [4.69, 9.17) is 26.1 Å². The van der Waals surface area contributed by atoms with Crippen LogP contribution in [0.1, 0.15) is 41.5 Å². The van der Waals surface area contributed by atoms with E-state index in [1.54, 1.807) is 9.80 Å². The third-order valence-electron chi connectivity index (χ3n) is 6.26. The van der Waals surface area contributed by atoms with E-state index in [9.17, 15) is 9.59 Å². The van der Waals surface area contributed by atoms with E-state index in [2.05, 4.69) is 21.9 Å². The molecular formula is C27H38ClN5O4. The Morgan fingerprint density at radius 2 is 1.24 bits per heavy atom. The predicted molar refractivity (Wildman–Crippen MR) is 147 cm³/mol. The largest absolute Gasteiger partial charge is 0.444 e. The highest BCUT2D eigenvalue weighted by atomic mass is 35.5. The van der Waals surface area contributed by atoms with Gasteiger partial charge in [0.05, 0.1) is 10.5 Å². The maximum Gasteiger partial charge on any atom is 0.410 e. The quantitative estimate of drug-likeness (QED) is 0.539. The van der Waals surface area contributed by atoms with Crippen molar-refractivity contribution in [3.8, 4) is 0 Å². The highest BCUT2D eigenvalue weighted by molar-refractivity contribution is 6.33. The third-order valence-corrected chi connectivity index (χ3v) is 6.54. The van der Waals surface area contributed by atoms with Gasteiger partial charge in [-0.2, -0.15) is 0 Å². The maximum absolute atomic E-state index is 12.4. The second-order valence-electron chi connectivity index (χ2n) is 11.6. The number of anilines is 2. The number of ether oxygens (including phenoxy) is 2. The van der Waals surface area contributed by atoms with Gasteiger partial charge in [0.25, 0.3) is 0 Å². The van der Waals surface area contributed by atoms with Gasteiger partial charge in [-0.3, -0.25) is 0 Å². The molecule has 2 aliphatic heterocycles. The van der Waals surface area contributed by atoms with Crippen molar-refractivity contribution < 1.29 is 19.1 Å². The van der Waals surface area contributed by atoms with Gasteiger partial charge in [-0.1, -0.05) is 11.6 Å². The number of fused-ring (bicyclic) bond motifs is 1. The molecule has 9 nitrogen and oxygen atoms in total. The maximum atomic E-state index is 12.4. The van der Waals surface area contributed by atoms with Gasteiger partial charge in [-0.15, -0.1) is 0 Å². The average Bonchev–Trinajstić information content (AvgIpc) is 2.81. The summed E-state index contributed by atoms with van der Waals surface area (Å²) in [6, 6.07) is 8.14. The molecular weight excluding hydrogens is 494 g/mol. The Hall–Kier alpha value is -2.94. The first kappa shape index (κ1) is 27.1. The van der Waals surface area contributed by atoms with Gasteiger partial charge in [0, 0.05) is 63.4 Å². The standard InChI is InChI=1S/C27H38ClN5O4/c1-26(2,3)36-24(34)32-13-9-30(10-14-32)20-7-8-22-19(17-20)18-21(28)23(29-22)31-11-15-33(16-12-31)25(35)37-27(4,5)6/h7-8,17-18H,9-16H2,1-6H3. The molecule has 0 saturated carbocycles. The molecule has 2 fully saturated rings. The van der Waals surface area contributed by atoms with Crippen molar-refractivity contribution in [2.75, 3.05) is 62.2 Å². The van der Waals surface area contributed by atoms with Crippen LogP contribution in [0.2, 0.25) is 5.02 Å². The smallest absolute Gasteiger partial charge is 0.410 e. The van der Waals surface area contributed by atoms with Gasteiger partial charge in [0.2, 0.25) is 0 Å². The van der Waals surface area contributed by atoms with Crippen molar-refractivity contribution >= 4 is 46.2 Å². The molecule has 0 aliphatic carbocycles. The van der Waals surface area contributed by atoms with Crippen molar-refractivity contribution in [1.29, 1.82) is 0 Å². The van der Waals surface area contributed by atoms with Crippen molar-refractivity contribution in [2.24, 2.45) is 0 Å². The molecule has 0 radical (unpaired) electrons. The van der Waals surface area contributed by atoms with E-state index in [0.29, 0.717) is 44.3 Å². The van der Waals surface area contributed by atoms with Gasteiger partial charge < -0.3 is 29.1 Å². The van der Waals surface area contributed by atoms with Crippen molar-refractivity contribution in [1.82, 2.24) is 14.8 Å². The summed E-state index contributed by atoms with van der Waals surface area (Å²) in [4.78, 5) is 37.5. The molecule has 0 atom stereocenters. The molecule has 0 bridgehead atoms. The molecule has 1 aromatic heterocycles. The Labute approximate surface area is 224 Å². The normalized spacial score (nSPS) is 17.3. The van der Waals surface area contributed by atoms with Gasteiger partial charge in [0.1, 0.15) is 17.0 Å². The molecule has 2 aromatic rings. The molecule has 10 heteroatoms. The number of pyridine rings is 1. The lowest BCUT2D eigenvalue weighted by atomic mass is 10.1. The fourth-order valence-corrected chi connectivity index (χ4v) is 4.73. The summed E-state index contributed by atoms with van der Waals surface area (Å²) in [6.45, 7) is 16.3. The first-order valence-electron chi connectivity index (χ1n) is 12.9. The number of hydrogen-bond acceptors (Lipinski definition) is 7. The molecule has 2 saturated heterocycles. The summed E-state index contributed by atoms with van der Waals surface area (Å²) in [5.41, 5.74) is 0.934. The number of aromatic nitrogens is 1. The number of halogens is 1. The lowest BCUT2D eigenvalue weighted by molar-refractivity contribution is 0.0230. The zero-order valence-electron chi connectivity index (χ0n) is 22.7. The zero-order valence-corrected chi connectivity index (χ0v) is 23.5. The minimum absolute atomic E-state index is 0.263. The molecule has 37 heavy (non-hydrogen) atoms. The molecule has 1 aromatic carbocycles. The average molecular weight is 532 g/mol. The van der Waals surface area contributed by atoms with E-state index in [1.165, 1.54) is 0 Å². The molecule has 4 rings (SSSR count). The minimum atomic E-state index is -0.512. The SMILES string of the molecule is CC(C)(C)OC(=O)N1CCN(c2ccc3nc(N4CCN(C(=O)OC(C)(C)C)CC4)c(Cl)cc3c2)CC1. The van der Waals surface area contributed by atoms with Gasteiger partial charge in [0.15, 0.2) is 0 Å². The van der Waals surface area contributed by atoms with E-state index < -0.39 is 11.2 Å². The lowest BCUT2D eigenvalue weighted by Crippen LogP contribution is -2.50. The first-order valence-corrected chi connectivity index (χ1v) is 13.2. The fraction of sp³-hybridized carbons (Fsp3) is 0.593. The second kappa shape index (κ2) is 10.4. The summed E-state index contributed by atoms with van der Waals surface area (Å²) >= 11 is 6.69. The van der Waals surface area contributed by atoms with Crippen LogP contribution in [0, 0.1) is 0 Å². The summed E-state index contributed by atoms with van der Waals surface area (Å²) in [6.07, 6.45) is -0.551. The number of amides is 2. The van der Waals surface area contributed by atoms with Gasteiger partial charge >= 0.3 is 12.2 Å². The zero-order chi connectivity index (χ0) is 27.0. The van der Waals surface area contributed by atoms with Crippen LogP contribution in [0.25, 0.3) is 10.9 Å². The number of benzene rings is 1. The number of nitrogens with zero attached hydrogens (tertiary/aromatic N) is 5. The Balaban J connectivity index is 1.39. The van der Waals surface area contributed by atoms with Crippen molar-refractivity contribution in [3.63, 3.8) is 0 Å². The van der Waals surface area contributed by atoms with Crippen LogP contribution >= 0.6 is 11.6 Å². The van der Waals surface area contributed by atoms with E-state index >= 15 is 0 Å². The summed E-state index contributed by atoms with van der Waals surface area (Å²) < 4.78 is 11.0. The summed E-state index contributed by atoms with van der Waals surface area (Å²) in [7, 11) is 0. The number of carbonyl (C=O) groups is 2. The fourth-order valence-electron chi connectivity index (χ4n) is 4.45. The number of hydrogen-bond donors (Lipinski definition) is 0. The minimum Gasteiger partial charge on any atom is -0.444 e. The van der Waals surface area contributed by atoms with Crippen LogP contribution in [-0.2, 0) is 9.47 Å². The summed E-state index contributed by atoms with van der Waals surface area (Å²) in [5.74, 6) is 0.733. The molecule has 3 heterocycles. The van der Waals surface area contributed by atoms with Gasteiger partial charge in [-0.05, 0) is 65.8 Å². The number of rotatable bonds is 2. The van der Waals surface area contributed by atoms with Crippen LogP contribution in [0.5, 0.6) is 0 Å². The van der Waals surface area contributed by atoms with Crippen LogP contribution in [0.4, 0.5) is 21.1 Å². The van der Waals surface area contributed by atoms with Crippen LogP contribution < -0.4 is 9.80 Å². The van der Waals surface area contributed by atoms with Gasteiger partial charge in [-0.25, -0.2) is 14.6 Å². The Kier molecular flexibility index (Phi) is 7.65. The highest BCUT2D eigenvalue weighted by Gasteiger charge is 2.28. The number of carbonyl (C=O) groups excluding carboxylic acids is 2. The summed E-state index contributed by atoms with van der Waals surface area (Å²) in [5, 5.41) is 1.55. The molecule has 2 amide bonds. The Bertz CT molecular complexity index is 1140. The molecule has 0 spiro atoms. The topological polar surface area (TPSA) is 78.5 Å². The number of piperazine rings is 2.